The molecule has 25 heavy (non-hydrogen) atoms. The Hall–Kier alpha value is -1.07. The van der Waals surface area contributed by atoms with Crippen LogP contribution in [0.3, 0.4) is 0 Å². The van der Waals surface area contributed by atoms with E-state index in [1.807, 2.05) is 0 Å². The number of ether oxygens (including phenoxy) is 3. The van der Waals surface area contributed by atoms with E-state index in [0.717, 1.165) is 12.0 Å². The van der Waals surface area contributed by atoms with Gasteiger partial charge in [-0.05, 0) is 0 Å². The summed E-state index contributed by atoms with van der Waals surface area (Å²) in [5.74, 6) is -0.0791. The third-order valence-corrected chi connectivity index (χ3v) is 3.81. The van der Waals surface area contributed by atoms with E-state index in [9.17, 15) is 20.1 Å². The molecule has 1 rings (SSSR count). The zero-order chi connectivity index (χ0) is 18.8. The number of hydrogen-bond donors (Lipinski definition) is 5. The lowest BCUT2D eigenvalue weighted by Crippen LogP contribution is -2.59. The molecule has 0 aliphatic carbocycles. The molecule has 0 aromatic rings. The van der Waals surface area contributed by atoms with E-state index in [1.54, 1.807) is 6.92 Å². The molecule has 0 aromatic heterocycles. The van der Waals surface area contributed by atoms with Crippen LogP contribution in [-0.4, -0.2) is 90.4 Å². The summed E-state index contributed by atoms with van der Waals surface area (Å²) in [6, 6.07) is 0. The molecule has 9 nitrogen and oxygen atoms in total. The quantitative estimate of drug-likeness (QED) is 0.200. The van der Waals surface area contributed by atoms with Gasteiger partial charge in [0.2, 0.25) is 0 Å². The summed E-state index contributed by atoms with van der Waals surface area (Å²) in [6.07, 6.45) is -4.98. The van der Waals surface area contributed by atoms with Crippen LogP contribution in [-0.2, 0) is 19.0 Å². The van der Waals surface area contributed by atoms with Crippen molar-refractivity contribution in [2.75, 3.05) is 33.0 Å². The molecule has 0 bridgehead atoms. The van der Waals surface area contributed by atoms with Crippen LogP contribution in [0.25, 0.3) is 0 Å². The number of aliphatic hydroxyl groups is 4. The van der Waals surface area contributed by atoms with Gasteiger partial charge in [0, 0.05) is 24.6 Å². The Morgan fingerprint density at radius 1 is 1.24 bits per heavy atom. The molecule has 0 amide bonds. The Morgan fingerprint density at radius 3 is 2.60 bits per heavy atom. The Labute approximate surface area is 147 Å². The normalized spacial score (nSPS) is 30.7. The molecule has 0 spiro atoms. The fraction of sp³-hybridized carbons (Fsp3) is 0.812. The maximum atomic E-state index is 10.5. The number of rotatable bonds is 12. The molecule has 0 aromatic carbocycles. The summed E-state index contributed by atoms with van der Waals surface area (Å²) in [7, 11) is 0. The van der Waals surface area contributed by atoms with Crippen LogP contribution < -0.4 is 5.32 Å². The minimum Gasteiger partial charge on any atom is -0.394 e. The fourth-order valence-electron chi connectivity index (χ4n) is 2.17. The second-order valence-corrected chi connectivity index (χ2v) is 6.03. The van der Waals surface area contributed by atoms with Crippen LogP contribution in [0.15, 0.2) is 12.3 Å². The van der Waals surface area contributed by atoms with Crippen LogP contribution in [0, 0.1) is 5.92 Å². The van der Waals surface area contributed by atoms with Crippen molar-refractivity contribution in [1.82, 2.24) is 5.32 Å². The lowest BCUT2D eigenvalue weighted by atomic mass is 9.99. The van der Waals surface area contributed by atoms with Crippen LogP contribution in [0.1, 0.15) is 13.3 Å². The summed E-state index contributed by atoms with van der Waals surface area (Å²) in [4.78, 5) is 10.5. The van der Waals surface area contributed by atoms with Crippen molar-refractivity contribution in [3.63, 3.8) is 0 Å². The Morgan fingerprint density at radius 2 is 1.96 bits per heavy atom. The zero-order valence-corrected chi connectivity index (χ0v) is 14.4. The molecule has 3 unspecified atom stereocenters. The number of carbonyl (C=O) groups is 1. The highest BCUT2D eigenvalue weighted by atomic mass is 16.7. The van der Waals surface area contributed by atoms with Gasteiger partial charge in [-0.3, -0.25) is 0 Å². The Balaban J connectivity index is 2.14. The first-order chi connectivity index (χ1) is 11.9. The van der Waals surface area contributed by atoms with E-state index in [0.29, 0.717) is 19.6 Å². The van der Waals surface area contributed by atoms with Crippen molar-refractivity contribution in [1.29, 1.82) is 0 Å². The topological polar surface area (TPSA) is 138 Å². The van der Waals surface area contributed by atoms with Gasteiger partial charge in [0.25, 0.3) is 0 Å². The molecule has 1 saturated heterocycles. The summed E-state index contributed by atoms with van der Waals surface area (Å²) in [5, 5.41) is 41.2. The third kappa shape index (κ3) is 7.37. The minimum absolute atomic E-state index is 0.0791. The molecule has 1 heterocycles. The predicted molar refractivity (Wildman–Crippen MR) is 87.5 cm³/mol. The minimum atomic E-state index is -1.46. The molecular weight excluding hydrogens is 334 g/mol. The molecule has 1 fully saturated rings. The maximum absolute atomic E-state index is 10.5. The lowest BCUT2D eigenvalue weighted by Gasteiger charge is -2.39. The SMILES string of the molecule is C=C(CCOCCOC1OC(CO)C(O)[C@H](O)[C@H]1O)NC[C@H](C)C=O. The van der Waals surface area contributed by atoms with Crippen molar-refractivity contribution < 1.29 is 39.4 Å². The molecule has 6 atom stereocenters. The first kappa shape index (κ1) is 22.0. The summed E-state index contributed by atoms with van der Waals surface area (Å²) in [5.41, 5.74) is 0.767. The van der Waals surface area contributed by atoms with Crippen molar-refractivity contribution in [2.24, 2.45) is 5.92 Å². The second kappa shape index (κ2) is 11.5. The average Bonchev–Trinajstić information content (AvgIpc) is 2.62. The summed E-state index contributed by atoms with van der Waals surface area (Å²) in [6.45, 7) is 6.40. The summed E-state index contributed by atoms with van der Waals surface area (Å²) >= 11 is 0. The first-order valence-electron chi connectivity index (χ1n) is 8.27. The van der Waals surface area contributed by atoms with E-state index >= 15 is 0 Å². The van der Waals surface area contributed by atoms with Crippen molar-refractivity contribution in [2.45, 2.75) is 44.1 Å². The number of aldehydes is 1. The summed E-state index contributed by atoms with van der Waals surface area (Å²) < 4.78 is 15.9. The highest BCUT2D eigenvalue weighted by Crippen LogP contribution is 2.21. The largest absolute Gasteiger partial charge is 0.394 e. The van der Waals surface area contributed by atoms with E-state index in [-0.39, 0.29) is 19.1 Å². The van der Waals surface area contributed by atoms with Gasteiger partial charge in [-0.1, -0.05) is 13.5 Å². The van der Waals surface area contributed by atoms with Crippen LogP contribution in [0.2, 0.25) is 0 Å². The van der Waals surface area contributed by atoms with Gasteiger partial charge >= 0.3 is 0 Å². The van der Waals surface area contributed by atoms with Crippen LogP contribution in [0.4, 0.5) is 0 Å². The lowest BCUT2D eigenvalue weighted by molar-refractivity contribution is -0.302. The van der Waals surface area contributed by atoms with E-state index in [1.165, 1.54) is 0 Å². The first-order valence-corrected chi connectivity index (χ1v) is 8.27. The number of nitrogens with one attached hydrogen (secondary N) is 1. The highest BCUT2D eigenvalue weighted by molar-refractivity contribution is 5.53. The fourth-order valence-corrected chi connectivity index (χ4v) is 2.17. The molecule has 5 N–H and O–H groups in total. The van der Waals surface area contributed by atoms with Crippen molar-refractivity contribution in [3.05, 3.63) is 12.3 Å². The average molecular weight is 363 g/mol. The Kier molecular flexibility index (Phi) is 10.1. The molecule has 1 aliphatic heterocycles. The molecule has 1 aliphatic rings. The monoisotopic (exact) mass is 363 g/mol. The van der Waals surface area contributed by atoms with Crippen LogP contribution >= 0.6 is 0 Å². The van der Waals surface area contributed by atoms with Gasteiger partial charge in [0.15, 0.2) is 6.29 Å². The highest BCUT2D eigenvalue weighted by Gasteiger charge is 2.43. The van der Waals surface area contributed by atoms with E-state index < -0.39 is 37.3 Å². The van der Waals surface area contributed by atoms with E-state index in [2.05, 4.69) is 11.9 Å². The predicted octanol–water partition coefficient (Wildman–Crippen LogP) is -1.85. The van der Waals surface area contributed by atoms with Gasteiger partial charge < -0.3 is 44.7 Å². The van der Waals surface area contributed by atoms with Crippen molar-refractivity contribution in [3.8, 4) is 0 Å². The smallest absolute Gasteiger partial charge is 0.186 e. The third-order valence-electron chi connectivity index (χ3n) is 3.81. The molecule has 0 radical (unpaired) electrons. The van der Waals surface area contributed by atoms with Gasteiger partial charge in [0.05, 0.1) is 26.4 Å². The van der Waals surface area contributed by atoms with E-state index in [4.69, 9.17) is 19.3 Å². The van der Waals surface area contributed by atoms with Gasteiger partial charge in [-0.2, -0.15) is 0 Å². The Bertz CT molecular complexity index is 406. The van der Waals surface area contributed by atoms with Crippen LogP contribution in [0.5, 0.6) is 0 Å². The number of carbonyl (C=O) groups excluding carboxylic acids is 1. The second-order valence-electron chi connectivity index (χ2n) is 6.03. The molecule has 0 saturated carbocycles. The molecule has 146 valence electrons. The zero-order valence-electron chi connectivity index (χ0n) is 14.4. The number of aliphatic hydroxyl groups excluding tert-OH is 4. The van der Waals surface area contributed by atoms with Gasteiger partial charge in [-0.15, -0.1) is 0 Å². The van der Waals surface area contributed by atoms with Crippen molar-refractivity contribution >= 4 is 6.29 Å². The maximum Gasteiger partial charge on any atom is 0.186 e. The standard InChI is InChI=1S/C16H29NO8/c1-10(8-18)7-17-11(2)3-4-23-5-6-24-16-15(22)14(21)13(20)12(9-19)25-16/h8,10,12-17,19-22H,2-7,9H2,1H3/t10-,12?,13?,14-,15+,16?/m0/s1. The van der Waals surface area contributed by atoms with Gasteiger partial charge in [0.1, 0.15) is 30.7 Å². The molecule has 9 heteroatoms. The number of hydrogen-bond acceptors (Lipinski definition) is 9. The van der Waals surface area contributed by atoms with Gasteiger partial charge in [-0.25, -0.2) is 0 Å². The molecular formula is C16H29NO8.